The van der Waals surface area contributed by atoms with Gasteiger partial charge < -0.3 is 24.0 Å². The van der Waals surface area contributed by atoms with Crippen LogP contribution in [0.3, 0.4) is 0 Å². The van der Waals surface area contributed by atoms with Crippen LogP contribution in [0.5, 0.6) is 0 Å². The predicted octanol–water partition coefficient (Wildman–Crippen LogP) is 3.30. The zero-order valence-electron chi connectivity index (χ0n) is 13.1. The maximum atomic E-state index is 10.2. The molecule has 5 nitrogen and oxygen atoms in total. The molecule has 0 aromatic heterocycles. The van der Waals surface area contributed by atoms with Gasteiger partial charge in [-0.3, -0.25) is 10.1 Å². The zero-order valence-corrected chi connectivity index (χ0v) is 14.1. The quantitative estimate of drug-likeness (QED) is 0.179. The number of hydrogen-bond acceptors (Lipinski definition) is 3. The zero-order chi connectivity index (χ0) is 15.7. The first-order valence-electron chi connectivity index (χ1n) is 6.73. The van der Waals surface area contributed by atoms with E-state index >= 15 is 0 Å². The molecule has 0 aromatic carbocycles. The Labute approximate surface area is 134 Å². The summed E-state index contributed by atoms with van der Waals surface area (Å²) >= 11 is 0. The molecule has 0 saturated heterocycles. The molecular formula is C14H30NNiO4. The van der Waals surface area contributed by atoms with Crippen LogP contribution in [0.1, 0.15) is 53.4 Å². The molecule has 0 rings (SSSR count). The van der Waals surface area contributed by atoms with Gasteiger partial charge >= 0.3 is 16.5 Å². The molecule has 0 unspecified atom stereocenters. The third kappa shape index (κ3) is 36.1. The SMILES string of the molecule is CC(C)C[C@@H](C[CH-][OH+][O-])C[N+](=O)[O-].[CH2-]CC.[CH2-]CC.[Ni+3]. The molecule has 1 radical (unpaired) electrons. The van der Waals surface area contributed by atoms with Crippen molar-refractivity contribution in [2.75, 3.05) is 6.54 Å². The Morgan fingerprint density at radius 1 is 1.25 bits per heavy atom. The fourth-order valence-electron chi connectivity index (χ4n) is 1.31. The second-order valence-corrected chi connectivity index (χ2v) is 4.53. The first-order valence-corrected chi connectivity index (χ1v) is 6.73. The van der Waals surface area contributed by atoms with Gasteiger partial charge in [-0.15, -0.1) is 6.42 Å². The summed E-state index contributed by atoms with van der Waals surface area (Å²) in [6.45, 7) is 16.1. The van der Waals surface area contributed by atoms with Crippen LogP contribution in [-0.4, -0.2) is 16.4 Å². The van der Waals surface area contributed by atoms with E-state index in [0.29, 0.717) is 12.3 Å². The summed E-state index contributed by atoms with van der Waals surface area (Å²) in [5, 5.41) is 20.0. The fraction of sp³-hybridized carbons (Fsp3) is 0.786. The van der Waals surface area contributed by atoms with Crippen LogP contribution in [0.4, 0.5) is 0 Å². The van der Waals surface area contributed by atoms with Crippen LogP contribution in [0, 0.1) is 42.4 Å². The molecule has 0 amide bonds. The molecule has 0 aliphatic carbocycles. The van der Waals surface area contributed by atoms with Crippen LogP contribution in [0.15, 0.2) is 0 Å². The molecule has 0 saturated carbocycles. The van der Waals surface area contributed by atoms with E-state index in [0.717, 1.165) is 19.3 Å². The van der Waals surface area contributed by atoms with Gasteiger partial charge in [0.1, 0.15) is 0 Å². The molecule has 125 valence electrons. The Morgan fingerprint density at radius 2 is 1.65 bits per heavy atom. The van der Waals surface area contributed by atoms with E-state index < -0.39 is 0 Å². The summed E-state index contributed by atoms with van der Waals surface area (Å²) in [4.78, 5) is 12.5. The van der Waals surface area contributed by atoms with E-state index in [1.54, 1.807) is 0 Å². The Balaban J connectivity index is -0.000000156. The van der Waals surface area contributed by atoms with E-state index in [-0.39, 0.29) is 33.9 Å². The van der Waals surface area contributed by atoms with E-state index in [1.165, 1.54) is 6.61 Å². The first-order chi connectivity index (χ1) is 8.89. The van der Waals surface area contributed by atoms with Crippen molar-refractivity contribution in [1.29, 1.82) is 0 Å². The summed E-state index contributed by atoms with van der Waals surface area (Å²) in [7, 11) is 0. The van der Waals surface area contributed by atoms with Crippen LogP contribution in [0.25, 0.3) is 0 Å². The maximum Gasteiger partial charge on any atom is 3.00 e. The summed E-state index contributed by atoms with van der Waals surface area (Å²) in [6.07, 6.45) is 3.16. The summed E-state index contributed by atoms with van der Waals surface area (Å²) in [6, 6.07) is 0. The van der Waals surface area contributed by atoms with Crippen molar-refractivity contribution in [2.24, 2.45) is 11.8 Å². The second kappa shape index (κ2) is 23.9. The van der Waals surface area contributed by atoms with Crippen molar-refractivity contribution in [3.05, 3.63) is 30.6 Å². The number of hydrogen-bond donors (Lipinski definition) is 0. The minimum absolute atomic E-state index is 0. The number of rotatable bonds is 7. The monoisotopic (exact) mass is 334 g/mol. The van der Waals surface area contributed by atoms with Gasteiger partial charge in [-0.25, -0.2) is 0 Å². The number of aliphatic hydroxyl groups is 1. The van der Waals surface area contributed by atoms with E-state index in [9.17, 15) is 15.4 Å². The maximum absolute atomic E-state index is 10.2. The van der Waals surface area contributed by atoms with Crippen LogP contribution >= 0.6 is 0 Å². The minimum atomic E-state index is -0.342. The van der Waals surface area contributed by atoms with Crippen molar-refractivity contribution < 1.29 is 31.6 Å². The first kappa shape index (κ1) is 28.0. The molecule has 0 aliphatic heterocycles. The Hall–Kier alpha value is -0.186. The third-order valence-electron chi connectivity index (χ3n) is 1.73. The van der Waals surface area contributed by atoms with E-state index in [4.69, 9.17) is 0 Å². The Bertz CT molecular complexity index is 179. The van der Waals surface area contributed by atoms with Crippen LogP contribution in [-0.2, 0) is 16.5 Å². The smallest absolute Gasteiger partial charge is 0.588 e. The third-order valence-corrected chi connectivity index (χ3v) is 1.73. The standard InChI is InChI=1S/C8H16NO4.2C3H7.Ni/c1-7(2)5-8(3-4-13-12)6-9(10)11;2*1-3-2;/h4,7-8,13H,3,5-6H2,1-2H3;2*1,3H2,2H3;/q3*-1;+3/t8-;;;/m1.../s1. The van der Waals surface area contributed by atoms with E-state index in [2.05, 4.69) is 18.7 Å². The summed E-state index contributed by atoms with van der Waals surface area (Å²) in [5.41, 5.74) is 0. The van der Waals surface area contributed by atoms with Crippen molar-refractivity contribution in [3.8, 4) is 0 Å². The Kier molecular flexibility index (Phi) is 33.5. The molecule has 0 bridgehead atoms. The van der Waals surface area contributed by atoms with Gasteiger partial charge in [0.2, 0.25) is 6.54 Å². The molecule has 6 heteroatoms. The average molecular weight is 335 g/mol. The second-order valence-electron chi connectivity index (χ2n) is 4.53. The van der Waals surface area contributed by atoms with Gasteiger partial charge in [-0.2, -0.15) is 12.8 Å². The normalized spacial score (nSPS) is 10.4. The molecule has 1 N–H and O–H groups in total. The van der Waals surface area contributed by atoms with E-state index in [1.807, 2.05) is 27.7 Å². The number of nitrogens with zero attached hydrogens (tertiary/aromatic N) is 1. The van der Waals surface area contributed by atoms with Crippen LogP contribution < -0.4 is 5.26 Å². The van der Waals surface area contributed by atoms with Crippen molar-refractivity contribution >= 4 is 0 Å². The van der Waals surface area contributed by atoms with Crippen molar-refractivity contribution in [3.63, 3.8) is 0 Å². The van der Waals surface area contributed by atoms with Gasteiger partial charge in [0, 0.05) is 10.8 Å². The average Bonchev–Trinajstić information content (AvgIpc) is 2.26. The molecule has 0 fully saturated rings. The number of nitro groups is 1. The van der Waals surface area contributed by atoms with Gasteiger partial charge in [0.15, 0.2) is 0 Å². The van der Waals surface area contributed by atoms with Gasteiger partial charge in [-0.1, -0.05) is 27.7 Å². The largest absolute Gasteiger partial charge is 3.00 e. The van der Waals surface area contributed by atoms with Gasteiger partial charge in [0.05, 0.1) is 0 Å². The van der Waals surface area contributed by atoms with Crippen molar-refractivity contribution in [1.82, 2.24) is 0 Å². The topological polar surface area (TPSA) is 79.0 Å². The molecule has 0 aliphatic rings. The van der Waals surface area contributed by atoms with Gasteiger partial charge in [-0.05, 0) is 18.9 Å². The molecule has 1 atom stereocenters. The molecule has 20 heavy (non-hydrogen) atoms. The predicted molar refractivity (Wildman–Crippen MR) is 77.6 cm³/mol. The molecule has 0 heterocycles. The van der Waals surface area contributed by atoms with Crippen molar-refractivity contribution in [2.45, 2.75) is 53.4 Å². The molecule has 0 aromatic rings. The van der Waals surface area contributed by atoms with Gasteiger partial charge in [0.25, 0.3) is 0 Å². The summed E-state index contributed by atoms with van der Waals surface area (Å²) < 4.78 is 0. The van der Waals surface area contributed by atoms with Crippen LogP contribution in [0.2, 0.25) is 0 Å². The Morgan fingerprint density at radius 3 is 1.90 bits per heavy atom. The fourth-order valence-corrected chi connectivity index (χ4v) is 1.31. The minimum Gasteiger partial charge on any atom is -0.588 e. The molecular weight excluding hydrogens is 305 g/mol. The molecule has 0 spiro atoms. The summed E-state index contributed by atoms with van der Waals surface area (Å²) in [5.74, 6) is 0.345.